The van der Waals surface area contributed by atoms with Crippen molar-refractivity contribution >= 4 is 215 Å². The van der Waals surface area contributed by atoms with Gasteiger partial charge in [0.15, 0.2) is 9.84 Å². The fourth-order valence-corrected chi connectivity index (χ4v) is 20.5. The summed E-state index contributed by atoms with van der Waals surface area (Å²) in [4.78, 5) is 60.6. The Morgan fingerprint density at radius 3 is 1.18 bits per heavy atom. The van der Waals surface area contributed by atoms with Crippen molar-refractivity contribution in [2.24, 2.45) is 0 Å². The van der Waals surface area contributed by atoms with Crippen molar-refractivity contribution in [3.8, 4) is 112 Å². The van der Waals surface area contributed by atoms with Gasteiger partial charge in [-0.15, -0.1) is 34.0 Å². The Morgan fingerprint density at radius 1 is 0.326 bits per heavy atom. The van der Waals surface area contributed by atoms with Gasteiger partial charge in [0.25, 0.3) is 0 Å². The van der Waals surface area contributed by atoms with Gasteiger partial charge in [-0.1, -0.05) is 140 Å². The lowest BCUT2D eigenvalue weighted by Gasteiger charge is -2.20. The predicted octanol–water partition coefficient (Wildman–Crippen LogP) is 28.3. The zero-order valence-corrected chi connectivity index (χ0v) is 87.7. The van der Waals surface area contributed by atoms with Crippen LogP contribution in [0.4, 0.5) is 14.5 Å². The monoisotopic (exact) mass is 2160 g/mol. The van der Waals surface area contributed by atoms with Gasteiger partial charge in [-0.3, -0.25) is 4.31 Å². The highest BCUT2D eigenvalue weighted by atomic mass is 35.5. The van der Waals surface area contributed by atoms with Crippen molar-refractivity contribution in [1.82, 2.24) is 69.8 Å². The summed E-state index contributed by atoms with van der Waals surface area (Å²) in [5.41, 5.74) is 19.2. The summed E-state index contributed by atoms with van der Waals surface area (Å²) in [7, 11) is 2.80. The maximum atomic E-state index is 13.8. The summed E-state index contributed by atoms with van der Waals surface area (Å²) >= 11 is 46.1. The minimum Gasteiger partial charge on any atom is -0.496 e. The molecule has 10 aromatic heterocycles. The number of sulfonamides is 1. The molecule has 0 saturated heterocycles. The molecule has 730 valence electrons. The number of benzene rings is 11. The van der Waals surface area contributed by atoms with E-state index in [4.69, 9.17) is 110 Å². The quantitative estimate of drug-likeness (QED) is 0.0765. The number of hydrogen-bond acceptors (Lipinski definition) is 27. The summed E-state index contributed by atoms with van der Waals surface area (Å²) in [5.74, 6) is 3.49. The third-order valence-electron chi connectivity index (χ3n) is 22.1. The number of ether oxygens (including phenoxy) is 6. The van der Waals surface area contributed by atoms with Gasteiger partial charge in [0, 0.05) is 177 Å². The Labute approximate surface area is 873 Å². The SMILES string of the molecule is CCOc1ccccc1-c1c(C)sc2cnc(Cl)nc12.CN(c1ccccc1-c1cccc2cnc(Cl)nc12)S(C)(=O)=O.COc1cc(C)ccc1-c1c(C)sc2cnc(Cl)nc12.COc1cc(F)ccc1-c1cccc2cnc(Cl)nc12.COc1ccc(S(C)(=O)=O)cc1-c1csc2cnc(Cl)nc12.COc1ccccc1-c1cc(F)cc2cnc(Cl)nc12.COc1ccccc1-c1cccc2cnc(Cl)nc12. The first kappa shape index (κ1) is 105. The Hall–Kier alpha value is -13.7. The maximum absolute atomic E-state index is 13.8. The first-order valence-corrected chi connectivity index (χ1v) is 52.1. The first-order chi connectivity index (χ1) is 69.2. The molecule has 0 saturated carbocycles. The molecule has 0 aliphatic carbocycles. The van der Waals surface area contributed by atoms with Crippen LogP contribution in [0.2, 0.25) is 37.0 Å². The van der Waals surface area contributed by atoms with Gasteiger partial charge >= 0.3 is 0 Å². The number of anilines is 1. The lowest BCUT2D eigenvalue weighted by molar-refractivity contribution is 0.341. The van der Waals surface area contributed by atoms with Crippen molar-refractivity contribution in [3.63, 3.8) is 0 Å². The van der Waals surface area contributed by atoms with E-state index in [0.29, 0.717) is 68.1 Å². The van der Waals surface area contributed by atoms with E-state index in [1.165, 1.54) is 95.7 Å². The van der Waals surface area contributed by atoms with Crippen molar-refractivity contribution in [2.75, 3.05) is 66.0 Å². The minimum absolute atomic E-state index is 0.125. The second-order valence-electron chi connectivity index (χ2n) is 31.2. The van der Waals surface area contributed by atoms with Gasteiger partial charge < -0.3 is 28.4 Å². The number of rotatable bonds is 17. The van der Waals surface area contributed by atoms with Crippen LogP contribution in [0.1, 0.15) is 22.2 Å². The molecule has 0 bridgehead atoms. The standard InChI is InChI=1S/C16H14ClN3O2S.2C15H10ClFN2O.2C15H13ClN2OS.C15H11ClN2O.C14H11ClN2O3S2/c1-20(23(2,21)22)14-9-4-3-7-12(14)13-8-5-6-11-10-18-16(17)19-15(11)13;1-20-13-7-10(17)5-6-11(13)12-4-2-3-9-8-18-15(16)19-14(9)12;1-20-13-5-3-2-4-11(13)12-7-10(17)6-9-8-18-15(16)19-14(9)12;1-8-4-5-10(11(6-8)19-3)13-9(2)20-12-7-17-15(16)18-14(12)13;1-3-19-11-7-5-4-6-10(11)13-9(2)20-12-8-17-15(16)18-14(12)13;1-19-13-8-3-2-6-11(13)12-7-4-5-10-9-17-15(16)18-14(10)12;1-20-11-4-3-8(22(2,18)19)5-9(11)10-7-21-12-6-16-14(15)17-13(10)12/h3-10H,1-2H3;2*2-8H,1H3;4-7H,1-3H3;4-8H,3H2,1-2H3;2-9H,1H3;3-7H,1-2H3. The van der Waals surface area contributed by atoms with Crippen LogP contribution in [0.5, 0.6) is 34.5 Å². The van der Waals surface area contributed by atoms with Gasteiger partial charge in [-0.2, -0.15) is 0 Å². The molecule has 0 radical (unpaired) electrons. The number of thiophene rings is 3. The van der Waals surface area contributed by atoms with Gasteiger partial charge in [0.1, 0.15) is 46.1 Å². The molecule has 144 heavy (non-hydrogen) atoms. The number of aromatic nitrogens is 14. The topological polar surface area (TPSA) is 307 Å². The van der Waals surface area contributed by atoms with Crippen LogP contribution < -0.4 is 32.7 Å². The largest absolute Gasteiger partial charge is 0.496 e. The number of nitrogens with zero attached hydrogens (tertiary/aromatic N) is 15. The molecule has 0 N–H and O–H groups in total. The highest BCUT2D eigenvalue weighted by Gasteiger charge is 2.25. The van der Waals surface area contributed by atoms with E-state index in [0.717, 1.165) is 136 Å². The average Bonchev–Trinajstić information content (AvgIpc) is 1.54. The molecular formula is C105H82Cl7F2N15O10S5. The normalized spacial score (nSPS) is 11.1. The van der Waals surface area contributed by atoms with Gasteiger partial charge in [-0.25, -0.2) is 95.4 Å². The molecule has 0 unspecified atom stereocenters. The van der Waals surface area contributed by atoms with Gasteiger partial charge in [0.05, 0.1) is 112 Å². The van der Waals surface area contributed by atoms with E-state index in [9.17, 15) is 25.6 Å². The molecule has 25 nitrogen and oxygen atoms in total. The van der Waals surface area contributed by atoms with E-state index >= 15 is 0 Å². The highest BCUT2D eigenvalue weighted by Crippen LogP contribution is 2.47. The summed E-state index contributed by atoms with van der Waals surface area (Å²) in [6.07, 6.45) is 14.1. The van der Waals surface area contributed by atoms with Crippen LogP contribution in [0.15, 0.2) is 272 Å². The Kier molecular flexibility index (Phi) is 34.0. The van der Waals surface area contributed by atoms with Gasteiger partial charge in [0.2, 0.25) is 47.0 Å². The smallest absolute Gasteiger partial charge is 0.232 e. The summed E-state index contributed by atoms with van der Waals surface area (Å²) in [6, 6.07) is 65.9. The second kappa shape index (κ2) is 46.8. The number of hydrogen-bond donors (Lipinski definition) is 0. The fraction of sp³-hybridized carbons (Fsp3) is 0.124. The zero-order chi connectivity index (χ0) is 102. The van der Waals surface area contributed by atoms with Crippen LogP contribution in [-0.4, -0.2) is 148 Å². The van der Waals surface area contributed by atoms with E-state index in [1.807, 2.05) is 159 Å². The van der Waals surface area contributed by atoms with E-state index in [1.54, 1.807) is 112 Å². The first-order valence-electron chi connectivity index (χ1n) is 43.2. The van der Waals surface area contributed by atoms with Crippen LogP contribution in [0.25, 0.3) is 152 Å². The number of para-hydroxylation sites is 7. The molecule has 21 rings (SSSR count). The Balaban J connectivity index is 0.000000126. The number of methoxy groups -OCH3 is 5. The van der Waals surface area contributed by atoms with Crippen molar-refractivity contribution in [2.45, 2.75) is 32.6 Å². The number of halogens is 9. The third-order valence-corrected chi connectivity index (χ3v) is 28.6. The molecule has 0 atom stereocenters. The third kappa shape index (κ3) is 24.3. The van der Waals surface area contributed by atoms with Crippen molar-refractivity contribution < 1.29 is 54.0 Å². The second-order valence-corrected chi connectivity index (χ2v) is 41.0. The Morgan fingerprint density at radius 2 is 0.701 bits per heavy atom. The molecule has 0 spiro atoms. The maximum Gasteiger partial charge on any atom is 0.232 e. The summed E-state index contributed by atoms with van der Waals surface area (Å²) in [5, 5.41) is 6.50. The van der Waals surface area contributed by atoms with Crippen LogP contribution in [-0.2, 0) is 19.9 Å². The molecule has 10 heterocycles. The van der Waals surface area contributed by atoms with Crippen molar-refractivity contribution in [3.05, 3.63) is 331 Å². The summed E-state index contributed by atoms with van der Waals surface area (Å²) < 4.78 is 111. The molecular weight excluding hydrogens is 2080 g/mol. The minimum atomic E-state index is -3.37. The lowest BCUT2D eigenvalue weighted by atomic mass is 10.0. The Bertz CT molecular complexity index is 8630. The lowest BCUT2D eigenvalue weighted by Crippen LogP contribution is -2.25. The van der Waals surface area contributed by atoms with Crippen LogP contribution in [0, 0.1) is 32.4 Å². The number of fused-ring (bicyclic) bond motifs is 7. The fourth-order valence-electron chi connectivity index (χ4n) is 15.5. The number of sulfone groups is 1. The average molecular weight is 2160 g/mol. The van der Waals surface area contributed by atoms with E-state index in [-0.39, 0.29) is 53.5 Å². The van der Waals surface area contributed by atoms with Crippen LogP contribution >= 0.6 is 115 Å². The highest BCUT2D eigenvalue weighted by molar-refractivity contribution is 7.92. The molecule has 0 amide bonds. The number of aryl methyl sites for hydroxylation is 3. The zero-order valence-electron chi connectivity index (χ0n) is 78.3. The molecule has 39 heteroatoms. The molecule has 0 fully saturated rings. The summed E-state index contributed by atoms with van der Waals surface area (Å²) in [6.45, 7) is 8.82. The van der Waals surface area contributed by atoms with Gasteiger partial charge in [-0.05, 0) is 187 Å². The molecule has 11 aromatic carbocycles. The van der Waals surface area contributed by atoms with E-state index < -0.39 is 19.9 Å². The predicted molar refractivity (Wildman–Crippen MR) is 578 cm³/mol. The van der Waals surface area contributed by atoms with Crippen LogP contribution in [0.3, 0.4) is 0 Å². The molecule has 0 aliphatic rings. The van der Waals surface area contributed by atoms with E-state index in [2.05, 4.69) is 102 Å². The van der Waals surface area contributed by atoms with Crippen molar-refractivity contribution in [1.29, 1.82) is 0 Å². The molecule has 21 aromatic rings. The molecule has 0 aliphatic heterocycles.